The molecule has 0 aliphatic heterocycles. The zero-order valence-corrected chi connectivity index (χ0v) is 11.5. The van der Waals surface area contributed by atoms with Gasteiger partial charge in [0.1, 0.15) is 0 Å². The summed E-state index contributed by atoms with van der Waals surface area (Å²) < 4.78 is 0. The summed E-state index contributed by atoms with van der Waals surface area (Å²) in [6, 6.07) is 8.78. The van der Waals surface area contributed by atoms with Gasteiger partial charge in [0.05, 0.1) is 6.54 Å². The zero-order chi connectivity index (χ0) is 13.5. The average Bonchev–Trinajstić information content (AvgIpc) is 2.35. The number of carboxylic acid groups (broad SMARTS) is 1. The number of carbonyl (C=O) groups is 1. The van der Waals surface area contributed by atoms with Crippen molar-refractivity contribution in [2.24, 2.45) is 0 Å². The third-order valence-electron chi connectivity index (χ3n) is 3.32. The van der Waals surface area contributed by atoms with E-state index in [1.165, 1.54) is 11.1 Å². The molecule has 18 heavy (non-hydrogen) atoms. The Balaban J connectivity index is 2.70. The maximum atomic E-state index is 10.8. The molecule has 1 rings (SSSR count). The molecule has 1 aromatic rings. The summed E-state index contributed by atoms with van der Waals surface area (Å²) in [4.78, 5) is 12.9. The van der Waals surface area contributed by atoms with E-state index in [0.717, 1.165) is 19.4 Å². The molecule has 1 atom stereocenters. The van der Waals surface area contributed by atoms with Crippen LogP contribution in [0, 0.1) is 6.92 Å². The molecule has 0 bridgehead atoms. The van der Waals surface area contributed by atoms with Gasteiger partial charge in [0.25, 0.3) is 0 Å². The van der Waals surface area contributed by atoms with Crippen molar-refractivity contribution < 1.29 is 9.90 Å². The van der Waals surface area contributed by atoms with E-state index in [-0.39, 0.29) is 6.54 Å². The maximum absolute atomic E-state index is 10.8. The Hall–Kier alpha value is -1.35. The summed E-state index contributed by atoms with van der Waals surface area (Å²) in [5.74, 6) is -0.751. The first kappa shape index (κ1) is 14.7. The monoisotopic (exact) mass is 249 g/mol. The lowest BCUT2D eigenvalue weighted by molar-refractivity contribution is -0.138. The fourth-order valence-electron chi connectivity index (χ4n) is 2.20. The third kappa shape index (κ3) is 4.49. The van der Waals surface area contributed by atoms with Gasteiger partial charge in [-0.25, -0.2) is 0 Å². The van der Waals surface area contributed by atoms with E-state index in [0.29, 0.717) is 6.04 Å². The fraction of sp³-hybridized carbons (Fsp3) is 0.533. The summed E-state index contributed by atoms with van der Waals surface area (Å²) in [6.45, 7) is 7.10. The first-order valence-corrected chi connectivity index (χ1v) is 6.58. The van der Waals surface area contributed by atoms with Crippen LogP contribution >= 0.6 is 0 Å². The van der Waals surface area contributed by atoms with E-state index in [1.807, 2.05) is 11.8 Å². The van der Waals surface area contributed by atoms with Gasteiger partial charge in [-0.2, -0.15) is 0 Å². The average molecular weight is 249 g/mol. The van der Waals surface area contributed by atoms with E-state index in [9.17, 15) is 4.79 Å². The van der Waals surface area contributed by atoms with E-state index < -0.39 is 5.97 Å². The molecule has 0 radical (unpaired) electrons. The number of hydrogen-bond acceptors (Lipinski definition) is 2. The van der Waals surface area contributed by atoms with Crippen molar-refractivity contribution in [3.63, 3.8) is 0 Å². The highest BCUT2D eigenvalue weighted by atomic mass is 16.4. The highest BCUT2D eigenvalue weighted by Crippen LogP contribution is 2.13. The van der Waals surface area contributed by atoms with Crippen molar-refractivity contribution >= 4 is 5.97 Å². The van der Waals surface area contributed by atoms with Crippen LogP contribution in [0.4, 0.5) is 0 Å². The van der Waals surface area contributed by atoms with E-state index in [2.05, 4.69) is 38.1 Å². The Bertz CT molecular complexity index is 373. The topological polar surface area (TPSA) is 40.5 Å². The van der Waals surface area contributed by atoms with Crippen LogP contribution in [0.1, 0.15) is 31.4 Å². The number of carboxylic acids is 1. The molecule has 100 valence electrons. The second kappa shape index (κ2) is 7.17. The van der Waals surface area contributed by atoms with Crippen molar-refractivity contribution in [3.05, 3.63) is 35.4 Å². The van der Waals surface area contributed by atoms with Crippen molar-refractivity contribution in [2.45, 2.75) is 39.7 Å². The lowest BCUT2D eigenvalue weighted by atomic mass is 10.0. The van der Waals surface area contributed by atoms with Crippen LogP contribution < -0.4 is 0 Å². The smallest absolute Gasteiger partial charge is 0.317 e. The van der Waals surface area contributed by atoms with Crippen LogP contribution in [0.2, 0.25) is 0 Å². The number of rotatable bonds is 7. The number of aliphatic carboxylic acids is 1. The molecule has 0 fully saturated rings. The molecule has 1 N–H and O–H groups in total. The van der Waals surface area contributed by atoms with E-state index in [1.54, 1.807) is 0 Å². The van der Waals surface area contributed by atoms with Crippen LogP contribution in [0.5, 0.6) is 0 Å². The number of nitrogens with zero attached hydrogens (tertiary/aromatic N) is 1. The fourth-order valence-corrected chi connectivity index (χ4v) is 2.20. The first-order valence-electron chi connectivity index (χ1n) is 6.58. The maximum Gasteiger partial charge on any atom is 0.317 e. The summed E-state index contributed by atoms with van der Waals surface area (Å²) in [5, 5.41) is 8.92. The van der Waals surface area contributed by atoms with Gasteiger partial charge < -0.3 is 5.11 Å². The summed E-state index contributed by atoms with van der Waals surface area (Å²) >= 11 is 0. The molecule has 3 heteroatoms. The van der Waals surface area contributed by atoms with Gasteiger partial charge >= 0.3 is 5.97 Å². The van der Waals surface area contributed by atoms with E-state index >= 15 is 0 Å². The molecule has 0 amide bonds. The molecule has 0 aromatic heterocycles. The SMILES string of the molecule is CCC(Cc1ccc(C)cc1)N(CC)CC(=O)O. The van der Waals surface area contributed by atoms with Crippen LogP contribution in [-0.4, -0.2) is 35.1 Å². The van der Waals surface area contributed by atoms with E-state index in [4.69, 9.17) is 5.11 Å². The van der Waals surface area contributed by atoms with Gasteiger partial charge in [-0.05, 0) is 31.9 Å². The summed E-state index contributed by atoms with van der Waals surface area (Å²) in [5.41, 5.74) is 2.53. The number of hydrogen-bond donors (Lipinski definition) is 1. The highest BCUT2D eigenvalue weighted by Gasteiger charge is 2.18. The zero-order valence-electron chi connectivity index (χ0n) is 11.5. The Morgan fingerprint density at radius 3 is 2.33 bits per heavy atom. The minimum atomic E-state index is -0.751. The molecule has 1 aromatic carbocycles. The molecule has 0 spiro atoms. The van der Waals surface area contributed by atoms with Crippen molar-refractivity contribution in [1.29, 1.82) is 0 Å². The minimum absolute atomic E-state index is 0.126. The Labute approximate surface area is 109 Å². The number of aryl methyl sites for hydroxylation is 1. The Kier molecular flexibility index (Phi) is 5.86. The van der Waals surface area contributed by atoms with Gasteiger partial charge in [0.2, 0.25) is 0 Å². The van der Waals surface area contributed by atoms with Crippen LogP contribution in [0.3, 0.4) is 0 Å². The molecule has 0 aliphatic rings. The molecule has 1 unspecified atom stereocenters. The standard InChI is InChI=1S/C15H23NO2/c1-4-14(16(5-2)11-15(17)18)10-13-8-6-12(3)7-9-13/h6-9,14H,4-5,10-11H2,1-3H3,(H,17,18). The van der Waals surface area contributed by atoms with Crippen molar-refractivity contribution in [2.75, 3.05) is 13.1 Å². The number of likely N-dealkylation sites (N-methyl/N-ethyl adjacent to an activating group) is 1. The summed E-state index contributed by atoms with van der Waals surface area (Å²) in [7, 11) is 0. The van der Waals surface area contributed by atoms with Gasteiger partial charge in [0, 0.05) is 6.04 Å². The van der Waals surface area contributed by atoms with Crippen LogP contribution in [0.25, 0.3) is 0 Å². The lowest BCUT2D eigenvalue weighted by Crippen LogP contribution is -2.39. The quantitative estimate of drug-likeness (QED) is 0.807. The van der Waals surface area contributed by atoms with Crippen LogP contribution in [-0.2, 0) is 11.2 Å². The second-order valence-corrected chi connectivity index (χ2v) is 4.71. The minimum Gasteiger partial charge on any atom is -0.480 e. The summed E-state index contributed by atoms with van der Waals surface area (Å²) in [6.07, 6.45) is 1.88. The first-order chi connectivity index (χ1) is 8.56. The molecular formula is C15H23NO2. The molecule has 3 nitrogen and oxygen atoms in total. The highest BCUT2D eigenvalue weighted by molar-refractivity contribution is 5.69. The normalized spacial score (nSPS) is 12.7. The lowest BCUT2D eigenvalue weighted by Gasteiger charge is -2.28. The predicted octanol–water partition coefficient (Wildman–Crippen LogP) is 2.72. The second-order valence-electron chi connectivity index (χ2n) is 4.71. The molecular weight excluding hydrogens is 226 g/mol. The van der Waals surface area contributed by atoms with Gasteiger partial charge in [0.15, 0.2) is 0 Å². The van der Waals surface area contributed by atoms with Gasteiger partial charge in [-0.15, -0.1) is 0 Å². The third-order valence-corrected chi connectivity index (χ3v) is 3.32. The Morgan fingerprint density at radius 2 is 1.89 bits per heavy atom. The molecule has 0 aliphatic carbocycles. The Morgan fingerprint density at radius 1 is 1.28 bits per heavy atom. The van der Waals surface area contributed by atoms with Gasteiger partial charge in [-0.1, -0.05) is 43.7 Å². The number of benzene rings is 1. The van der Waals surface area contributed by atoms with Crippen molar-refractivity contribution in [1.82, 2.24) is 4.90 Å². The molecule has 0 saturated carbocycles. The molecule has 0 saturated heterocycles. The van der Waals surface area contributed by atoms with Crippen LogP contribution in [0.15, 0.2) is 24.3 Å². The molecule has 0 heterocycles. The largest absolute Gasteiger partial charge is 0.480 e. The van der Waals surface area contributed by atoms with Gasteiger partial charge in [-0.3, -0.25) is 9.69 Å². The van der Waals surface area contributed by atoms with Crippen molar-refractivity contribution in [3.8, 4) is 0 Å². The predicted molar refractivity (Wildman–Crippen MR) is 73.8 cm³/mol.